The topological polar surface area (TPSA) is 0 Å². The minimum Gasteiger partial charge on any atom is -0.312 e. The highest BCUT2D eigenvalue weighted by Crippen LogP contribution is 2.41. The molecule has 0 spiro atoms. The van der Waals surface area contributed by atoms with E-state index in [1.54, 1.807) is 0 Å². The van der Waals surface area contributed by atoms with Crippen molar-refractivity contribution in [3.63, 3.8) is 0 Å². The molecule has 15 heavy (non-hydrogen) atoms. The molecule has 1 unspecified atom stereocenters. The molecule has 3 rings (SSSR count). The molecule has 2 heteroatoms. The minimum absolute atomic E-state index is 0.494. The van der Waals surface area contributed by atoms with Gasteiger partial charge in [-0.3, -0.25) is 0 Å². The number of alkyl halides is 1. The molecule has 0 aromatic heterocycles. The van der Waals surface area contributed by atoms with Gasteiger partial charge in [0.25, 0.3) is 0 Å². The fraction of sp³-hybridized carbons (Fsp3) is 1.00. The molecule has 1 atom stereocenters. The van der Waals surface area contributed by atoms with Crippen LogP contribution in [0.4, 0.5) is 0 Å². The monoisotopic (exact) mass is 274 g/mol. The summed E-state index contributed by atoms with van der Waals surface area (Å²) in [7, 11) is 0. The van der Waals surface area contributed by atoms with Crippen molar-refractivity contribution in [2.45, 2.75) is 51.4 Å². The SMILES string of the molecule is CC(C)(C)CC[N+]12CCC(CC1)CC2Br. The smallest absolute Gasteiger partial charge is 0.144 e. The Bertz CT molecular complexity index is 223. The van der Waals surface area contributed by atoms with Crippen LogP contribution < -0.4 is 0 Å². The van der Waals surface area contributed by atoms with Crippen LogP contribution in [0.1, 0.15) is 46.5 Å². The zero-order chi connectivity index (χ0) is 11.1. The first-order valence-corrected chi connectivity index (χ1v) is 7.33. The van der Waals surface area contributed by atoms with Crippen molar-refractivity contribution in [3.05, 3.63) is 0 Å². The maximum atomic E-state index is 3.94. The highest BCUT2D eigenvalue weighted by atomic mass is 79.9. The van der Waals surface area contributed by atoms with Crippen LogP contribution >= 0.6 is 15.9 Å². The Morgan fingerprint density at radius 2 is 1.80 bits per heavy atom. The van der Waals surface area contributed by atoms with Gasteiger partial charge < -0.3 is 4.48 Å². The number of hydrogen-bond donors (Lipinski definition) is 0. The Hall–Kier alpha value is 0.440. The summed E-state index contributed by atoms with van der Waals surface area (Å²) < 4.78 is 1.37. The van der Waals surface area contributed by atoms with Gasteiger partial charge in [-0.15, -0.1) is 0 Å². The predicted molar refractivity (Wildman–Crippen MR) is 69.0 cm³/mol. The Kier molecular flexibility index (Phi) is 3.20. The van der Waals surface area contributed by atoms with E-state index in [0.717, 1.165) is 10.9 Å². The Balaban J connectivity index is 1.98. The van der Waals surface area contributed by atoms with E-state index in [1.807, 2.05) is 0 Å². The third kappa shape index (κ3) is 2.58. The molecule has 0 aliphatic carbocycles. The first-order chi connectivity index (χ1) is 6.91. The zero-order valence-electron chi connectivity index (χ0n) is 10.4. The predicted octanol–water partition coefficient (Wildman–Crippen LogP) is 3.77. The average Bonchev–Trinajstić information content (AvgIpc) is 2.16. The lowest BCUT2D eigenvalue weighted by molar-refractivity contribution is -0.951. The van der Waals surface area contributed by atoms with Crippen LogP contribution in [0.25, 0.3) is 0 Å². The Labute approximate surface area is 103 Å². The molecule has 3 aliphatic rings. The molecule has 0 aromatic carbocycles. The number of piperidine rings is 3. The molecule has 0 saturated carbocycles. The van der Waals surface area contributed by atoms with Crippen molar-refractivity contribution in [2.24, 2.45) is 11.3 Å². The molecule has 3 heterocycles. The Morgan fingerprint density at radius 3 is 2.27 bits per heavy atom. The normalized spacial score (nSPS) is 40.8. The molecule has 1 nitrogen and oxygen atoms in total. The molecule has 0 N–H and O–H groups in total. The number of hydrogen-bond acceptors (Lipinski definition) is 0. The summed E-state index contributed by atoms with van der Waals surface area (Å²) in [5.41, 5.74) is 0.494. The molecule has 2 bridgehead atoms. The fourth-order valence-corrected chi connectivity index (χ4v) is 4.21. The lowest BCUT2D eigenvalue weighted by atomic mass is 9.84. The molecule has 3 aliphatic heterocycles. The van der Waals surface area contributed by atoms with E-state index in [0.29, 0.717) is 5.41 Å². The number of quaternary nitrogens is 1. The highest BCUT2D eigenvalue weighted by molar-refractivity contribution is 9.09. The van der Waals surface area contributed by atoms with Crippen LogP contribution in [0.2, 0.25) is 0 Å². The molecule has 0 amide bonds. The second-order valence-corrected chi connectivity index (χ2v) is 7.87. The quantitative estimate of drug-likeness (QED) is 0.409. The van der Waals surface area contributed by atoms with E-state index in [1.165, 1.54) is 49.8 Å². The third-order valence-corrected chi connectivity index (χ3v) is 5.64. The maximum absolute atomic E-state index is 3.94. The lowest BCUT2D eigenvalue weighted by Gasteiger charge is -2.53. The third-order valence-electron chi connectivity index (χ3n) is 4.39. The van der Waals surface area contributed by atoms with Gasteiger partial charge in [-0.05, 0) is 40.1 Å². The van der Waals surface area contributed by atoms with Crippen molar-refractivity contribution in [3.8, 4) is 0 Å². The van der Waals surface area contributed by atoms with Crippen LogP contribution in [0.15, 0.2) is 0 Å². The summed E-state index contributed by atoms with van der Waals surface area (Å²) in [6, 6.07) is 0. The number of fused-ring (bicyclic) bond motifs is 3. The second kappa shape index (κ2) is 4.03. The summed E-state index contributed by atoms with van der Waals surface area (Å²) in [4.78, 5) is 0.757. The first kappa shape index (κ1) is 11.9. The zero-order valence-corrected chi connectivity index (χ0v) is 12.0. The van der Waals surface area contributed by atoms with E-state index in [2.05, 4.69) is 36.7 Å². The number of halogens is 1. The summed E-state index contributed by atoms with van der Waals surface area (Å²) >= 11 is 3.94. The van der Waals surface area contributed by atoms with Crippen molar-refractivity contribution in [1.29, 1.82) is 0 Å². The van der Waals surface area contributed by atoms with E-state index in [-0.39, 0.29) is 0 Å². The largest absolute Gasteiger partial charge is 0.312 e. The van der Waals surface area contributed by atoms with Gasteiger partial charge in [0.15, 0.2) is 0 Å². The van der Waals surface area contributed by atoms with Crippen molar-refractivity contribution in [1.82, 2.24) is 0 Å². The van der Waals surface area contributed by atoms with Crippen LogP contribution in [0, 0.1) is 11.3 Å². The van der Waals surface area contributed by atoms with Gasteiger partial charge in [0.05, 0.1) is 19.6 Å². The summed E-state index contributed by atoms with van der Waals surface area (Å²) in [5, 5.41) is 0. The van der Waals surface area contributed by atoms with Crippen LogP contribution in [0.3, 0.4) is 0 Å². The van der Waals surface area contributed by atoms with Crippen LogP contribution in [-0.2, 0) is 0 Å². The molecule has 3 saturated heterocycles. The molecule has 88 valence electrons. The molecular formula is C13H25BrN+. The average molecular weight is 275 g/mol. The molecule has 3 fully saturated rings. The van der Waals surface area contributed by atoms with Gasteiger partial charge in [-0.1, -0.05) is 20.8 Å². The van der Waals surface area contributed by atoms with Crippen molar-refractivity contribution >= 4 is 15.9 Å². The van der Waals surface area contributed by atoms with Gasteiger partial charge in [-0.25, -0.2) is 0 Å². The first-order valence-electron chi connectivity index (χ1n) is 6.41. The highest BCUT2D eigenvalue weighted by Gasteiger charge is 2.46. The van der Waals surface area contributed by atoms with E-state index < -0.39 is 0 Å². The number of rotatable bonds is 2. The van der Waals surface area contributed by atoms with E-state index >= 15 is 0 Å². The van der Waals surface area contributed by atoms with Crippen LogP contribution in [-0.4, -0.2) is 29.1 Å². The second-order valence-electron chi connectivity index (χ2n) is 6.81. The lowest BCUT2D eigenvalue weighted by Crippen LogP contribution is -2.62. The van der Waals surface area contributed by atoms with Crippen LogP contribution in [0.5, 0.6) is 0 Å². The molecular weight excluding hydrogens is 250 g/mol. The number of nitrogens with zero attached hydrogens (tertiary/aromatic N) is 1. The molecule has 0 aromatic rings. The van der Waals surface area contributed by atoms with Crippen molar-refractivity contribution < 1.29 is 4.48 Å². The standard InChI is InChI=1S/C13H25BrN/c1-13(2,3)6-9-15-7-4-11(5-8-15)10-12(15)14/h11-12H,4-10H2,1-3H3/q+1. The van der Waals surface area contributed by atoms with E-state index in [4.69, 9.17) is 0 Å². The summed E-state index contributed by atoms with van der Waals surface area (Å²) in [6.07, 6.45) is 5.74. The van der Waals surface area contributed by atoms with Crippen molar-refractivity contribution in [2.75, 3.05) is 19.6 Å². The van der Waals surface area contributed by atoms with Gasteiger partial charge >= 0.3 is 0 Å². The van der Waals surface area contributed by atoms with Gasteiger partial charge in [0, 0.05) is 12.8 Å². The fourth-order valence-electron chi connectivity index (χ4n) is 3.07. The van der Waals surface area contributed by atoms with Gasteiger partial charge in [0.1, 0.15) is 4.95 Å². The van der Waals surface area contributed by atoms with Gasteiger partial charge in [0.2, 0.25) is 0 Å². The minimum atomic E-state index is 0.494. The summed E-state index contributed by atoms with van der Waals surface area (Å²) in [6.45, 7) is 11.3. The van der Waals surface area contributed by atoms with Gasteiger partial charge in [-0.2, -0.15) is 0 Å². The van der Waals surface area contributed by atoms with E-state index in [9.17, 15) is 0 Å². The molecule has 0 radical (unpaired) electrons. The maximum Gasteiger partial charge on any atom is 0.144 e. The Morgan fingerprint density at radius 1 is 1.20 bits per heavy atom. The summed E-state index contributed by atoms with van der Waals surface area (Å²) in [5.74, 6) is 1.03.